The third-order valence-corrected chi connectivity index (χ3v) is 6.56. The van der Waals surface area contributed by atoms with Gasteiger partial charge in [0.15, 0.2) is 11.6 Å². The Morgan fingerprint density at radius 3 is 2.33 bits per heavy atom. The molecule has 2 nitrogen and oxygen atoms in total. The molecule has 0 bridgehead atoms. The Bertz CT molecular complexity index is 588. The Morgan fingerprint density at radius 2 is 1.70 bits per heavy atom. The van der Waals surface area contributed by atoms with Gasteiger partial charge >= 0.3 is 0 Å². The molecule has 1 saturated heterocycles. The van der Waals surface area contributed by atoms with Crippen LogP contribution in [0.5, 0.6) is 5.75 Å². The molecule has 0 aromatic heterocycles. The van der Waals surface area contributed by atoms with Gasteiger partial charge in [-0.05, 0) is 62.5 Å². The molecule has 0 N–H and O–H groups in total. The number of unbranched alkanes of at least 4 members (excludes halogenated alkanes) is 1. The van der Waals surface area contributed by atoms with Gasteiger partial charge in [0.2, 0.25) is 5.82 Å². The second-order valence-corrected chi connectivity index (χ2v) is 8.30. The van der Waals surface area contributed by atoms with Gasteiger partial charge in [0.25, 0.3) is 0 Å². The molecule has 27 heavy (non-hydrogen) atoms. The zero-order valence-corrected chi connectivity index (χ0v) is 16.8. The summed E-state index contributed by atoms with van der Waals surface area (Å²) in [5.74, 6) is 0.493. The highest BCUT2D eigenvalue weighted by molar-refractivity contribution is 5.32. The fraction of sp³-hybridized carbons (Fsp3) is 0.739. The van der Waals surface area contributed by atoms with Crippen molar-refractivity contribution in [1.29, 1.82) is 0 Å². The minimum atomic E-state index is -0.898. The van der Waals surface area contributed by atoms with Gasteiger partial charge in [-0.25, -0.2) is 4.39 Å². The molecule has 1 saturated carbocycles. The minimum Gasteiger partial charge on any atom is -0.491 e. The highest BCUT2D eigenvalue weighted by atomic mass is 19.2. The van der Waals surface area contributed by atoms with Crippen molar-refractivity contribution in [3.63, 3.8) is 0 Å². The van der Waals surface area contributed by atoms with Crippen molar-refractivity contribution in [1.82, 2.24) is 0 Å². The highest BCUT2D eigenvalue weighted by Crippen LogP contribution is 2.42. The first-order chi connectivity index (χ1) is 13.1. The summed E-state index contributed by atoms with van der Waals surface area (Å²) >= 11 is 0. The molecule has 1 heterocycles. The molecule has 3 rings (SSSR count). The first-order valence-electron chi connectivity index (χ1n) is 10.9. The Hall–Kier alpha value is -1.16. The molecule has 1 aromatic rings. The molecule has 0 radical (unpaired) electrons. The molecule has 4 heteroatoms. The van der Waals surface area contributed by atoms with E-state index in [0.29, 0.717) is 24.7 Å². The van der Waals surface area contributed by atoms with Crippen LogP contribution in [0.3, 0.4) is 0 Å². The van der Waals surface area contributed by atoms with E-state index in [-0.39, 0.29) is 11.9 Å². The molecule has 0 amide bonds. The Morgan fingerprint density at radius 1 is 0.963 bits per heavy atom. The Balaban J connectivity index is 1.52. The second-order valence-electron chi connectivity index (χ2n) is 8.30. The standard InChI is InChI=1S/C23H34F2O2/c1-3-5-6-16-7-9-17(10-8-16)18-11-13-20(27-15-18)19-12-14-21(26-4-2)23(25)22(19)24/h12,14,16-18,20H,3-11,13,15H2,1-2H3. The summed E-state index contributed by atoms with van der Waals surface area (Å²) in [5.41, 5.74) is 0.331. The number of hydrogen-bond acceptors (Lipinski definition) is 2. The lowest BCUT2D eigenvalue weighted by molar-refractivity contribution is -0.0421. The van der Waals surface area contributed by atoms with Crippen LogP contribution in [0.25, 0.3) is 0 Å². The minimum absolute atomic E-state index is 0.0210. The summed E-state index contributed by atoms with van der Waals surface area (Å²) in [4.78, 5) is 0. The van der Waals surface area contributed by atoms with Gasteiger partial charge in [0.05, 0.1) is 19.3 Å². The zero-order chi connectivity index (χ0) is 19.2. The molecular weight excluding hydrogens is 346 g/mol. The van der Waals surface area contributed by atoms with Crippen molar-refractivity contribution in [2.75, 3.05) is 13.2 Å². The maximum atomic E-state index is 14.4. The highest BCUT2D eigenvalue weighted by Gasteiger charge is 2.33. The van der Waals surface area contributed by atoms with Gasteiger partial charge in [0, 0.05) is 5.56 Å². The van der Waals surface area contributed by atoms with E-state index in [1.165, 1.54) is 51.0 Å². The third kappa shape index (κ3) is 5.01. The summed E-state index contributed by atoms with van der Waals surface area (Å²) in [6.07, 6.45) is 10.8. The SMILES string of the molecule is CCCCC1CCC(C2CCC(c3ccc(OCC)c(F)c3F)OC2)CC1. The van der Waals surface area contributed by atoms with Crippen molar-refractivity contribution in [3.05, 3.63) is 29.3 Å². The lowest BCUT2D eigenvalue weighted by atomic mass is 9.72. The topological polar surface area (TPSA) is 18.5 Å². The average molecular weight is 381 g/mol. The average Bonchev–Trinajstić information content (AvgIpc) is 2.71. The third-order valence-electron chi connectivity index (χ3n) is 6.56. The quantitative estimate of drug-likeness (QED) is 0.516. The van der Waals surface area contributed by atoms with Crippen LogP contribution in [0.15, 0.2) is 12.1 Å². The summed E-state index contributed by atoms with van der Waals surface area (Å²) in [6.45, 7) is 5.01. The van der Waals surface area contributed by atoms with Crippen LogP contribution in [0.4, 0.5) is 8.78 Å². The smallest absolute Gasteiger partial charge is 0.200 e. The zero-order valence-electron chi connectivity index (χ0n) is 16.8. The van der Waals surface area contributed by atoms with Crippen LogP contribution in [0, 0.1) is 29.4 Å². The van der Waals surface area contributed by atoms with E-state index >= 15 is 0 Å². The first kappa shape index (κ1) is 20.6. The summed E-state index contributed by atoms with van der Waals surface area (Å²) in [7, 11) is 0. The largest absolute Gasteiger partial charge is 0.491 e. The van der Waals surface area contributed by atoms with Crippen LogP contribution in [0.2, 0.25) is 0 Å². The molecule has 1 aliphatic carbocycles. The monoisotopic (exact) mass is 380 g/mol. The summed E-state index contributed by atoms with van der Waals surface area (Å²) in [5, 5.41) is 0. The molecule has 2 atom stereocenters. The normalized spacial score (nSPS) is 28.9. The van der Waals surface area contributed by atoms with E-state index in [2.05, 4.69) is 6.92 Å². The van der Waals surface area contributed by atoms with Crippen LogP contribution in [-0.4, -0.2) is 13.2 Å². The van der Waals surface area contributed by atoms with Gasteiger partial charge < -0.3 is 9.47 Å². The second kappa shape index (κ2) is 9.86. The lowest BCUT2D eigenvalue weighted by Crippen LogP contribution is -2.30. The van der Waals surface area contributed by atoms with Gasteiger partial charge in [0.1, 0.15) is 0 Å². The number of halogens is 2. The Kier molecular flexibility index (Phi) is 7.51. The van der Waals surface area contributed by atoms with E-state index in [1.807, 2.05) is 0 Å². The molecule has 2 unspecified atom stereocenters. The van der Waals surface area contributed by atoms with Crippen LogP contribution in [0.1, 0.15) is 83.3 Å². The van der Waals surface area contributed by atoms with Crippen LogP contribution in [-0.2, 0) is 4.74 Å². The summed E-state index contributed by atoms with van der Waals surface area (Å²) in [6, 6.07) is 3.14. The van der Waals surface area contributed by atoms with E-state index in [1.54, 1.807) is 13.0 Å². The van der Waals surface area contributed by atoms with Crippen molar-refractivity contribution in [3.8, 4) is 5.75 Å². The van der Waals surface area contributed by atoms with Gasteiger partial charge in [-0.1, -0.05) is 39.0 Å². The lowest BCUT2D eigenvalue weighted by Gasteiger charge is -2.38. The maximum absolute atomic E-state index is 14.4. The van der Waals surface area contributed by atoms with E-state index in [9.17, 15) is 8.78 Å². The van der Waals surface area contributed by atoms with Crippen LogP contribution < -0.4 is 4.74 Å². The maximum Gasteiger partial charge on any atom is 0.200 e. The van der Waals surface area contributed by atoms with Gasteiger partial charge in [-0.3, -0.25) is 0 Å². The molecule has 2 aliphatic rings. The molecule has 1 aliphatic heterocycles. The van der Waals surface area contributed by atoms with Crippen molar-refractivity contribution >= 4 is 0 Å². The molecule has 152 valence electrons. The molecule has 2 fully saturated rings. The fourth-order valence-corrected chi connectivity index (χ4v) is 4.89. The number of ether oxygens (including phenoxy) is 2. The van der Waals surface area contributed by atoms with Crippen molar-refractivity contribution in [2.24, 2.45) is 17.8 Å². The fourth-order valence-electron chi connectivity index (χ4n) is 4.89. The Labute approximate surface area is 162 Å². The molecular formula is C23H34F2O2. The molecule has 0 spiro atoms. The predicted molar refractivity (Wildman–Crippen MR) is 104 cm³/mol. The van der Waals surface area contributed by atoms with E-state index in [4.69, 9.17) is 9.47 Å². The van der Waals surface area contributed by atoms with E-state index in [0.717, 1.165) is 24.7 Å². The van der Waals surface area contributed by atoms with Gasteiger partial charge in [-0.15, -0.1) is 0 Å². The summed E-state index contributed by atoms with van der Waals surface area (Å²) < 4.78 is 39.7. The molecule has 1 aromatic carbocycles. The van der Waals surface area contributed by atoms with Crippen molar-refractivity contribution in [2.45, 2.75) is 77.7 Å². The van der Waals surface area contributed by atoms with E-state index < -0.39 is 11.6 Å². The predicted octanol–water partition coefficient (Wildman–Crippen LogP) is 6.83. The number of rotatable bonds is 7. The number of hydrogen-bond donors (Lipinski definition) is 0. The number of benzene rings is 1. The first-order valence-corrected chi connectivity index (χ1v) is 10.9. The van der Waals surface area contributed by atoms with Crippen LogP contribution >= 0.6 is 0 Å². The van der Waals surface area contributed by atoms with Gasteiger partial charge in [-0.2, -0.15) is 4.39 Å². The van der Waals surface area contributed by atoms with Crippen molar-refractivity contribution < 1.29 is 18.3 Å².